The second-order valence-corrected chi connectivity index (χ2v) is 4.82. The molecule has 0 saturated heterocycles. The lowest BCUT2D eigenvalue weighted by Gasteiger charge is -2.07. The first kappa shape index (κ1) is 14.5. The monoisotopic (exact) mass is 273 g/mol. The van der Waals surface area contributed by atoms with Crippen LogP contribution in [0.15, 0.2) is 48.5 Å². The molecule has 0 radical (unpaired) electrons. The van der Waals surface area contributed by atoms with Crippen molar-refractivity contribution in [1.82, 2.24) is 5.32 Å². The zero-order chi connectivity index (χ0) is 14.2. The van der Waals surface area contributed by atoms with E-state index in [0.717, 1.165) is 30.8 Å². The second kappa shape index (κ2) is 7.65. The van der Waals surface area contributed by atoms with Crippen molar-refractivity contribution in [3.8, 4) is 5.75 Å². The van der Waals surface area contributed by atoms with Gasteiger partial charge in [0.15, 0.2) is 0 Å². The molecule has 0 unspecified atom stereocenters. The van der Waals surface area contributed by atoms with Crippen LogP contribution < -0.4 is 10.1 Å². The molecule has 2 rings (SSSR count). The van der Waals surface area contributed by atoms with Gasteiger partial charge in [-0.3, -0.25) is 0 Å². The number of halogens is 1. The maximum Gasteiger partial charge on any atom is 0.123 e. The molecule has 3 heteroatoms. The highest BCUT2D eigenvalue weighted by molar-refractivity contribution is 5.26. The molecule has 0 aliphatic carbocycles. The molecule has 2 aromatic rings. The van der Waals surface area contributed by atoms with E-state index in [9.17, 15) is 4.39 Å². The average Bonchev–Trinajstić information content (AvgIpc) is 2.46. The lowest BCUT2D eigenvalue weighted by molar-refractivity contribution is 0.308. The summed E-state index contributed by atoms with van der Waals surface area (Å²) in [6.07, 6.45) is 0.940. The van der Waals surface area contributed by atoms with E-state index in [2.05, 4.69) is 12.2 Å². The average molecular weight is 273 g/mol. The highest BCUT2D eigenvalue weighted by Crippen LogP contribution is 2.11. The Kier molecular flexibility index (Phi) is 5.56. The van der Waals surface area contributed by atoms with Gasteiger partial charge >= 0.3 is 0 Å². The van der Waals surface area contributed by atoms with Gasteiger partial charge in [-0.1, -0.05) is 29.8 Å². The molecule has 1 N–H and O–H groups in total. The Bertz CT molecular complexity index is 458. The van der Waals surface area contributed by atoms with Crippen molar-refractivity contribution in [2.24, 2.45) is 0 Å². The fourth-order valence-electron chi connectivity index (χ4n) is 1.86. The van der Waals surface area contributed by atoms with Gasteiger partial charge in [-0.2, -0.15) is 0 Å². The number of hydrogen-bond acceptors (Lipinski definition) is 2. The Morgan fingerprint density at radius 3 is 2.40 bits per heavy atom. The van der Waals surface area contributed by atoms with Crippen LogP contribution in [-0.2, 0) is 6.54 Å². The normalized spacial score (nSPS) is 10.5. The van der Waals surface area contributed by atoms with Crippen molar-refractivity contribution >= 4 is 0 Å². The first-order chi connectivity index (χ1) is 9.74. The highest BCUT2D eigenvalue weighted by Gasteiger charge is 1.95. The minimum Gasteiger partial charge on any atom is -0.494 e. The van der Waals surface area contributed by atoms with Gasteiger partial charge in [0.05, 0.1) is 6.61 Å². The maximum atomic E-state index is 12.7. The van der Waals surface area contributed by atoms with E-state index in [1.807, 2.05) is 24.3 Å². The largest absolute Gasteiger partial charge is 0.494 e. The van der Waals surface area contributed by atoms with Gasteiger partial charge in [0.1, 0.15) is 11.6 Å². The Hall–Kier alpha value is -1.87. The van der Waals surface area contributed by atoms with Gasteiger partial charge in [0.25, 0.3) is 0 Å². The van der Waals surface area contributed by atoms with Crippen LogP contribution in [0.4, 0.5) is 4.39 Å². The predicted octanol–water partition coefficient (Wildman–Crippen LogP) is 3.69. The van der Waals surface area contributed by atoms with Crippen molar-refractivity contribution < 1.29 is 9.13 Å². The van der Waals surface area contributed by atoms with Gasteiger partial charge in [-0.25, -0.2) is 4.39 Å². The summed E-state index contributed by atoms with van der Waals surface area (Å²) in [6.45, 7) is 4.39. The van der Waals surface area contributed by atoms with E-state index in [4.69, 9.17) is 4.74 Å². The van der Waals surface area contributed by atoms with Gasteiger partial charge < -0.3 is 10.1 Å². The predicted molar refractivity (Wildman–Crippen MR) is 79.4 cm³/mol. The molecule has 2 nitrogen and oxygen atoms in total. The van der Waals surface area contributed by atoms with Crippen LogP contribution in [0.3, 0.4) is 0 Å². The van der Waals surface area contributed by atoms with E-state index in [1.54, 1.807) is 12.1 Å². The summed E-state index contributed by atoms with van der Waals surface area (Å²) in [7, 11) is 0. The molecule has 0 aromatic heterocycles. The quantitative estimate of drug-likeness (QED) is 0.777. The fourth-order valence-corrected chi connectivity index (χ4v) is 1.86. The van der Waals surface area contributed by atoms with Crippen LogP contribution in [-0.4, -0.2) is 13.2 Å². The first-order valence-electron chi connectivity index (χ1n) is 6.89. The number of ether oxygens (including phenoxy) is 1. The van der Waals surface area contributed by atoms with Crippen LogP contribution in [0.25, 0.3) is 0 Å². The van der Waals surface area contributed by atoms with Crippen LogP contribution in [0.1, 0.15) is 17.5 Å². The van der Waals surface area contributed by atoms with E-state index in [-0.39, 0.29) is 5.82 Å². The Morgan fingerprint density at radius 1 is 1.00 bits per heavy atom. The summed E-state index contributed by atoms with van der Waals surface area (Å²) in [4.78, 5) is 0. The molecule has 106 valence electrons. The molecule has 0 heterocycles. The molecule has 0 amide bonds. The SMILES string of the molecule is Cc1ccc(OCCCNCc2ccc(F)cc2)cc1. The van der Waals surface area contributed by atoms with Crippen LogP contribution >= 0.6 is 0 Å². The molecular formula is C17H20FNO. The molecule has 0 saturated carbocycles. The number of aryl methyl sites for hydroxylation is 1. The second-order valence-electron chi connectivity index (χ2n) is 4.82. The lowest BCUT2D eigenvalue weighted by atomic mass is 10.2. The topological polar surface area (TPSA) is 21.3 Å². The zero-order valence-electron chi connectivity index (χ0n) is 11.7. The van der Waals surface area contributed by atoms with E-state index < -0.39 is 0 Å². The number of hydrogen-bond donors (Lipinski definition) is 1. The molecule has 2 aromatic carbocycles. The van der Waals surface area contributed by atoms with Gasteiger partial charge in [-0.15, -0.1) is 0 Å². The van der Waals surface area contributed by atoms with Crippen molar-refractivity contribution in [3.05, 3.63) is 65.5 Å². The molecule has 0 fully saturated rings. The third-order valence-electron chi connectivity index (χ3n) is 3.03. The summed E-state index contributed by atoms with van der Waals surface area (Å²) in [5.74, 6) is 0.717. The molecular weight excluding hydrogens is 253 g/mol. The number of rotatable bonds is 7. The van der Waals surface area contributed by atoms with Crippen molar-refractivity contribution in [2.45, 2.75) is 19.9 Å². The van der Waals surface area contributed by atoms with Crippen molar-refractivity contribution in [1.29, 1.82) is 0 Å². The van der Waals surface area contributed by atoms with E-state index >= 15 is 0 Å². The van der Waals surface area contributed by atoms with Crippen molar-refractivity contribution in [2.75, 3.05) is 13.2 Å². The molecule has 20 heavy (non-hydrogen) atoms. The van der Waals surface area contributed by atoms with Crippen molar-refractivity contribution in [3.63, 3.8) is 0 Å². The van der Waals surface area contributed by atoms with E-state index in [1.165, 1.54) is 17.7 Å². The lowest BCUT2D eigenvalue weighted by Crippen LogP contribution is -2.17. The van der Waals surface area contributed by atoms with E-state index in [0.29, 0.717) is 6.61 Å². The molecule has 0 aliphatic heterocycles. The summed E-state index contributed by atoms with van der Waals surface area (Å²) < 4.78 is 18.4. The summed E-state index contributed by atoms with van der Waals surface area (Å²) in [5.41, 5.74) is 2.32. The summed E-state index contributed by atoms with van der Waals surface area (Å²) in [6, 6.07) is 14.6. The van der Waals surface area contributed by atoms with Crippen LogP contribution in [0.2, 0.25) is 0 Å². The summed E-state index contributed by atoms with van der Waals surface area (Å²) >= 11 is 0. The third kappa shape index (κ3) is 5.02. The molecule has 0 spiro atoms. The van der Waals surface area contributed by atoms with Gasteiger partial charge in [0, 0.05) is 6.54 Å². The Labute approximate surface area is 119 Å². The molecule has 0 aliphatic rings. The van der Waals surface area contributed by atoms with Crippen LogP contribution in [0.5, 0.6) is 5.75 Å². The smallest absolute Gasteiger partial charge is 0.123 e. The summed E-state index contributed by atoms with van der Waals surface area (Å²) in [5, 5.41) is 3.31. The number of benzene rings is 2. The van der Waals surface area contributed by atoms with Crippen LogP contribution in [0, 0.1) is 12.7 Å². The zero-order valence-corrected chi connectivity index (χ0v) is 11.7. The first-order valence-corrected chi connectivity index (χ1v) is 6.89. The minimum atomic E-state index is -0.194. The maximum absolute atomic E-state index is 12.7. The Balaban J connectivity index is 1.57. The Morgan fingerprint density at radius 2 is 1.70 bits per heavy atom. The molecule has 0 bridgehead atoms. The fraction of sp³-hybridized carbons (Fsp3) is 0.294. The van der Waals surface area contributed by atoms with Gasteiger partial charge in [-0.05, 0) is 49.7 Å². The third-order valence-corrected chi connectivity index (χ3v) is 3.03. The number of nitrogens with one attached hydrogen (secondary N) is 1. The standard InChI is InChI=1S/C17H20FNO/c1-14-3-9-17(10-4-14)20-12-2-11-19-13-15-5-7-16(18)8-6-15/h3-10,19H,2,11-13H2,1H3. The van der Waals surface area contributed by atoms with Gasteiger partial charge in [0.2, 0.25) is 0 Å². The minimum absolute atomic E-state index is 0.194. The molecule has 0 atom stereocenters. The highest BCUT2D eigenvalue weighted by atomic mass is 19.1.